The summed E-state index contributed by atoms with van der Waals surface area (Å²) in [6.07, 6.45) is 3.95. The molecule has 0 unspecified atom stereocenters. The summed E-state index contributed by atoms with van der Waals surface area (Å²) < 4.78 is 14.2. The summed E-state index contributed by atoms with van der Waals surface area (Å²) in [5, 5.41) is 5.26. The Balaban J connectivity index is 1.82. The molecule has 0 amide bonds. The van der Waals surface area contributed by atoms with Crippen molar-refractivity contribution in [2.75, 3.05) is 6.54 Å². The Kier molecular flexibility index (Phi) is 4.17. The van der Waals surface area contributed by atoms with Crippen LogP contribution in [-0.2, 0) is 13.1 Å². The molecule has 1 aromatic carbocycles. The Hall–Kier alpha value is -1.52. The highest BCUT2D eigenvalue weighted by molar-refractivity contribution is 5.85. The summed E-state index contributed by atoms with van der Waals surface area (Å²) in [7, 11) is 0. The zero-order valence-corrected chi connectivity index (χ0v) is 12.5. The fourth-order valence-electron chi connectivity index (χ4n) is 2.91. The molecular formula is C17H22FN3. The molecule has 0 bridgehead atoms. The molecule has 1 fully saturated rings. The lowest BCUT2D eigenvalue weighted by Gasteiger charge is -2.25. The first kappa shape index (κ1) is 14.4. The van der Waals surface area contributed by atoms with Gasteiger partial charge in [0.05, 0.1) is 5.69 Å². The number of pyridine rings is 1. The molecule has 0 spiro atoms. The van der Waals surface area contributed by atoms with Crippen LogP contribution in [0.3, 0.4) is 0 Å². The molecule has 0 atom stereocenters. The van der Waals surface area contributed by atoms with Gasteiger partial charge in [-0.25, -0.2) is 4.39 Å². The van der Waals surface area contributed by atoms with Crippen LogP contribution in [0, 0.1) is 18.7 Å². The molecule has 1 aliphatic rings. The third kappa shape index (κ3) is 3.06. The van der Waals surface area contributed by atoms with Crippen LogP contribution in [0.5, 0.6) is 0 Å². The van der Waals surface area contributed by atoms with Gasteiger partial charge in [-0.05, 0) is 55.8 Å². The van der Waals surface area contributed by atoms with Crippen LogP contribution >= 0.6 is 0 Å². The summed E-state index contributed by atoms with van der Waals surface area (Å²) in [6, 6.07) is 5.47. The molecule has 0 saturated heterocycles. The third-order valence-electron chi connectivity index (χ3n) is 4.42. The SMILES string of the molecule is Cc1nc(CN)cc2cc(CNCC3CCC3)c(F)cc12. The number of benzene rings is 1. The van der Waals surface area contributed by atoms with E-state index in [9.17, 15) is 4.39 Å². The largest absolute Gasteiger partial charge is 0.325 e. The van der Waals surface area contributed by atoms with Crippen molar-refractivity contribution in [3.8, 4) is 0 Å². The second-order valence-corrected chi connectivity index (χ2v) is 6.00. The number of nitrogens with zero attached hydrogens (tertiary/aromatic N) is 1. The topological polar surface area (TPSA) is 50.9 Å². The molecular weight excluding hydrogens is 265 g/mol. The Morgan fingerprint density at radius 1 is 1.33 bits per heavy atom. The number of halogens is 1. The zero-order chi connectivity index (χ0) is 14.8. The third-order valence-corrected chi connectivity index (χ3v) is 4.42. The monoisotopic (exact) mass is 287 g/mol. The van der Waals surface area contributed by atoms with E-state index in [1.54, 1.807) is 6.07 Å². The minimum Gasteiger partial charge on any atom is -0.325 e. The number of aryl methyl sites for hydroxylation is 1. The van der Waals surface area contributed by atoms with E-state index < -0.39 is 0 Å². The molecule has 21 heavy (non-hydrogen) atoms. The van der Waals surface area contributed by atoms with Crippen molar-refractivity contribution in [3.63, 3.8) is 0 Å². The lowest BCUT2D eigenvalue weighted by Crippen LogP contribution is -2.27. The number of fused-ring (bicyclic) bond motifs is 1. The van der Waals surface area contributed by atoms with Gasteiger partial charge in [0.15, 0.2) is 0 Å². The lowest BCUT2D eigenvalue weighted by atomic mass is 9.85. The molecule has 1 aromatic heterocycles. The maximum Gasteiger partial charge on any atom is 0.128 e. The molecule has 1 saturated carbocycles. The lowest BCUT2D eigenvalue weighted by molar-refractivity contribution is 0.301. The standard InChI is InChI=1S/C17H22FN3/c1-11-16-7-17(18)14(10-20-9-12-3-2-4-12)5-13(16)6-15(8-19)21-11/h5-7,12,20H,2-4,8-10,19H2,1H3. The second-order valence-electron chi connectivity index (χ2n) is 6.00. The number of hydrogen-bond donors (Lipinski definition) is 2. The Morgan fingerprint density at radius 3 is 2.81 bits per heavy atom. The van der Waals surface area contributed by atoms with Crippen LogP contribution in [-0.4, -0.2) is 11.5 Å². The summed E-state index contributed by atoms with van der Waals surface area (Å²) in [6.45, 7) is 3.87. The molecule has 112 valence electrons. The average molecular weight is 287 g/mol. The number of nitrogens with two attached hydrogens (primary N) is 1. The van der Waals surface area contributed by atoms with Crippen LogP contribution in [0.15, 0.2) is 18.2 Å². The van der Waals surface area contributed by atoms with Gasteiger partial charge >= 0.3 is 0 Å². The molecule has 1 heterocycles. The van der Waals surface area contributed by atoms with Crippen LogP contribution in [0.1, 0.15) is 36.2 Å². The van der Waals surface area contributed by atoms with E-state index in [0.717, 1.165) is 40.2 Å². The smallest absolute Gasteiger partial charge is 0.128 e. The Bertz CT molecular complexity index is 650. The first-order valence-corrected chi connectivity index (χ1v) is 7.67. The highest BCUT2D eigenvalue weighted by Crippen LogP contribution is 2.26. The molecule has 4 heteroatoms. The molecule has 3 rings (SSSR count). The maximum atomic E-state index is 14.2. The van der Waals surface area contributed by atoms with Gasteiger partial charge in [0.25, 0.3) is 0 Å². The van der Waals surface area contributed by atoms with Crippen molar-refractivity contribution >= 4 is 10.8 Å². The quantitative estimate of drug-likeness (QED) is 0.888. The summed E-state index contributed by atoms with van der Waals surface area (Å²) in [5.41, 5.74) is 8.06. The summed E-state index contributed by atoms with van der Waals surface area (Å²) in [5.74, 6) is 0.623. The van der Waals surface area contributed by atoms with Crippen LogP contribution in [0.25, 0.3) is 10.8 Å². The molecule has 0 aliphatic heterocycles. The number of hydrogen-bond acceptors (Lipinski definition) is 3. The summed E-state index contributed by atoms with van der Waals surface area (Å²) in [4.78, 5) is 4.39. The fraction of sp³-hybridized carbons (Fsp3) is 0.471. The second kappa shape index (κ2) is 6.08. The minimum absolute atomic E-state index is 0.158. The number of rotatable bonds is 5. The first-order chi connectivity index (χ1) is 10.2. The number of aromatic nitrogens is 1. The zero-order valence-electron chi connectivity index (χ0n) is 12.5. The maximum absolute atomic E-state index is 14.2. The van der Waals surface area contributed by atoms with Gasteiger partial charge in [-0.3, -0.25) is 4.98 Å². The van der Waals surface area contributed by atoms with Crippen molar-refractivity contribution in [3.05, 3.63) is 41.0 Å². The van der Waals surface area contributed by atoms with Gasteiger partial charge in [-0.15, -0.1) is 0 Å². The van der Waals surface area contributed by atoms with E-state index >= 15 is 0 Å². The van der Waals surface area contributed by atoms with Gasteiger partial charge < -0.3 is 11.1 Å². The van der Waals surface area contributed by atoms with Gasteiger partial charge in [-0.1, -0.05) is 6.42 Å². The van der Waals surface area contributed by atoms with Crippen molar-refractivity contribution < 1.29 is 4.39 Å². The average Bonchev–Trinajstić information content (AvgIpc) is 2.42. The molecule has 3 N–H and O–H groups in total. The van der Waals surface area contributed by atoms with Gasteiger partial charge in [0.1, 0.15) is 5.82 Å². The minimum atomic E-state index is -0.158. The van der Waals surface area contributed by atoms with E-state index in [-0.39, 0.29) is 5.82 Å². The van der Waals surface area contributed by atoms with Crippen LogP contribution in [0.4, 0.5) is 4.39 Å². The highest BCUT2D eigenvalue weighted by atomic mass is 19.1. The normalized spacial score (nSPS) is 15.4. The summed E-state index contributed by atoms with van der Waals surface area (Å²) >= 11 is 0. The number of nitrogens with one attached hydrogen (secondary N) is 1. The Morgan fingerprint density at radius 2 is 2.14 bits per heavy atom. The first-order valence-electron chi connectivity index (χ1n) is 7.67. The predicted molar refractivity (Wildman–Crippen MR) is 83.4 cm³/mol. The van der Waals surface area contributed by atoms with Crippen molar-refractivity contribution in [1.29, 1.82) is 0 Å². The van der Waals surface area contributed by atoms with Crippen molar-refractivity contribution in [1.82, 2.24) is 10.3 Å². The molecule has 3 nitrogen and oxygen atoms in total. The Labute approximate surface area is 124 Å². The fourth-order valence-corrected chi connectivity index (χ4v) is 2.91. The van der Waals surface area contributed by atoms with Crippen LogP contribution in [0.2, 0.25) is 0 Å². The van der Waals surface area contributed by atoms with Gasteiger partial charge in [-0.2, -0.15) is 0 Å². The van der Waals surface area contributed by atoms with Gasteiger partial charge in [0, 0.05) is 29.7 Å². The van der Waals surface area contributed by atoms with Gasteiger partial charge in [0.2, 0.25) is 0 Å². The van der Waals surface area contributed by atoms with E-state index in [0.29, 0.717) is 13.1 Å². The van der Waals surface area contributed by atoms with E-state index in [1.807, 2.05) is 19.1 Å². The van der Waals surface area contributed by atoms with Crippen LogP contribution < -0.4 is 11.1 Å². The predicted octanol–water partition coefficient (Wildman–Crippen LogP) is 3.03. The highest BCUT2D eigenvalue weighted by Gasteiger charge is 2.16. The molecule has 2 aromatic rings. The molecule has 0 radical (unpaired) electrons. The molecule has 1 aliphatic carbocycles. The van der Waals surface area contributed by atoms with E-state index in [1.165, 1.54) is 19.3 Å². The van der Waals surface area contributed by atoms with Crippen molar-refractivity contribution in [2.24, 2.45) is 11.7 Å². The van der Waals surface area contributed by atoms with E-state index in [2.05, 4.69) is 10.3 Å². The van der Waals surface area contributed by atoms with Crippen molar-refractivity contribution in [2.45, 2.75) is 39.3 Å². The van der Waals surface area contributed by atoms with E-state index in [4.69, 9.17) is 5.73 Å².